The Morgan fingerprint density at radius 1 is 0.604 bits per heavy atom. The van der Waals surface area contributed by atoms with Crippen LogP contribution < -0.4 is 22.6 Å². The van der Waals surface area contributed by atoms with Gasteiger partial charge in [0.15, 0.2) is 22.3 Å². The summed E-state index contributed by atoms with van der Waals surface area (Å²) >= 11 is 0. The number of aromatic amines is 2. The smallest absolute Gasteiger partial charge is 0.280 e. The number of carbonyl (C=O) groups is 4. The molecule has 4 amide bonds. The fourth-order valence-corrected chi connectivity index (χ4v) is 5.52. The predicted molar refractivity (Wildman–Crippen MR) is 172 cm³/mol. The second-order valence-electron chi connectivity index (χ2n) is 11.2. The van der Waals surface area contributed by atoms with Crippen molar-refractivity contribution in [2.45, 2.75) is 39.8 Å². The number of nitrogen functional groups attached to an aromatic ring is 2. The lowest BCUT2D eigenvalue weighted by atomic mass is 10.3. The van der Waals surface area contributed by atoms with Crippen LogP contribution in [0.3, 0.4) is 0 Å². The molecule has 4 aromatic heterocycles. The number of nitrogens with two attached hydrogens (primary N) is 2. The number of nitrogens with one attached hydrogen (secondary N) is 2. The normalized spacial score (nSPS) is 15.0. The highest BCUT2D eigenvalue weighted by atomic mass is 16.2. The molecule has 0 radical (unpaired) electrons. The van der Waals surface area contributed by atoms with Gasteiger partial charge in [-0.05, 0) is 0 Å². The summed E-state index contributed by atoms with van der Waals surface area (Å²) in [6.45, 7) is 4.37. The van der Waals surface area contributed by atoms with Gasteiger partial charge in [-0.15, -0.1) is 0 Å². The van der Waals surface area contributed by atoms with E-state index in [0.29, 0.717) is 0 Å². The van der Waals surface area contributed by atoms with Gasteiger partial charge in [-0.2, -0.15) is 9.97 Å². The molecule has 1 saturated heterocycles. The topological polar surface area (TPSA) is 260 Å². The third kappa shape index (κ3) is 7.26. The Hall–Kier alpha value is -5.82. The van der Waals surface area contributed by atoms with Gasteiger partial charge in [0, 0.05) is 65.2 Å². The monoisotopic (exact) mass is 666 g/mol. The van der Waals surface area contributed by atoms with Crippen molar-refractivity contribution in [3.05, 3.63) is 33.4 Å². The molecular weight excluding hydrogens is 628 g/mol. The Kier molecular flexibility index (Phi) is 9.99. The number of carbonyl (C=O) groups excluding carboxylic acids is 4. The minimum Gasteiger partial charge on any atom is -0.369 e. The van der Waals surface area contributed by atoms with Gasteiger partial charge in [0.1, 0.15) is 13.1 Å². The summed E-state index contributed by atoms with van der Waals surface area (Å²) < 4.78 is 2.85. The minimum absolute atomic E-state index is 0.0412. The highest BCUT2D eigenvalue weighted by Gasteiger charge is 2.25. The van der Waals surface area contributed by atoms with Crippen LogP contribution in [-0.4, -0.2) is 135 Å². The van der Waals surface area contributed by atoms with Crippen molar-refractivity contribution in [1.82, 2.24) is 58.6 Å². The van der Waals surface area contributed by atoms with E-state index in [1.165, 1.54) is 21.8 Å². The molecule has 1 fully saturated rings. The molecule has 1 aliphatic rings. The average Bonchev–Trinajstić information content (AvgIpc) is 3.64. The summed E-state index contributed by atoms with van der Waals surface area (Å²) in [5.41, 5.74) is 10.8. The molecule has 48 heavy (non-hydrogen) atoms. The van der Waals surface area contributed by atoms with E-state index in [-0.39, 0.29) is 136 Å². The van der Waals surface area contributed by atoms with Crippen molar-refractivity contribution in [2.24, 2.45) is 0 Å². The average molecular weight is 667 g/mol. The van der Waals surface area contributed by atoms with Crippen molar-refractivity contribution < 1.29 is 19.2 Å². The lowest BCUT2D eigenvalue weighted by Crippen LogP contribution is -2.51. The Labute approximate surface area is 272 Å². The molecule has 5 heterocycles. The second-order valence-corrected chi connectivity index (χ2v) is 11.2. The molecule has 0 atom stereocenters. The Morgan fingerprint density at radius 2 is 0.917 bits per heavy atom. The Balaban J connectivity index is 1.36. The Morgan fingerprint density at radius 3 is 1.23 bits per heavy atom. The Bertz CT molecular complexity index is 1800. The number of amides is 4. The minimum atomic E-state index is -0.528. The molecule has 0 bridgehead atoms. The van der Waals surface area contributed by atoms with Crippen molar-refractivity contribution in [3.63, 3.8) is 0 Å². The van der Waals surface area contributed by atoms with Crippen LogP contribution in [0.15, 0.2) is 22.2 Å². The van der Waals surface area contributed by atoms with Crippen molar-refractivity contribution >= 4 is 57.9 Å². The van der Waals surface area contributed by atoms with E-state index in [0.717, 1.165) is 0 Å². The number of fused-ring (bicyclic) bond motifs is 2. The fourth-order valence-electron chi connectivity index (χ4n) is 5.52. The highest BCUT2D eigenvalue weighted by Crippen LogP contribution is 2.11. The molecule has 0 aliphatic carbocycles. The summed E-state index contributed by atoms with van der Waals surface area (Å²) in [4.78, 5) is 105. The first-order chi connectivity index (χ1) is 23.0. The lowest BCUT2D eigenvalue weighted by molar-refractivity contribution is -0.139. The number of aromatic nitrogens is 8. The first-order valence-electron chi connectivity index (χ1n) is 15.5. The summed E-state index contributed by atoms with van der Waals surface area (Å²) in [6.07, 6.45) is 3.10. The zero-order valence-corrected chi connectivity index (χ0v) is 26.7. The molecule has 0 spiro atoms. The summed E-state index contributed by atoms with van der Waals surface area (Å²) in [5, 5.41) is 0. The van der Waals surface area contributed by atoms with Crippen LogP contribution in [0.1, 0.15) is 26.7 Å². The number of hydrogen-bond donors (Lipinski definition) is 4. The zero-order valence-electron chi connectivity index (χ0n) is 26.7. The number of anilines is 2. The standard InChI is InChI=1S/C28H38N14O6/c1-3-17(43)37-5-9-39(19(45)13-41-15-31-21-23(41)33-27(29)35-25(21)47)11-7-38(18(44)4-2)8-12-40(10-6-37)20(46)14-42-16-32-22-24(42)34-28(30)36-26(22)48/h15-16H,3-14H2,1-2H3,(H3,29,33,35,47)(H3,30,34,36,48). The maximum Gasteiger partial charge on any atom is 0.280 e. The number of imidazole rings is 2. The predicted octanol–water partition coefficient (Wildman–Crippen LogP) is -2.43. The quantitative estimate of drug-likeness (QED) is 0.167. The van der Waals surface area contributed by atoms with E-state index in [2.05, 4.69) is 29.9 Å². The van der Waals surface area contributed by atoms with Gasteiger partial charge in [-0.1, -0.05) is 13.8 Å². The summed E-state index contributed by atoms with van der Waals surface area (Å²) in [7, 11) is 0. The molecule has 256 valence electrons. The molecule has 0 unspecified atom stereocenters. The van der Waals surface area contributed by atoms with Crippen molar-refractivity contribution in [3.8, 4) is 0 Å². The first-order valence-corrected chi connectivity index (χ1v) is 15.5. The van der Waals surface area contributed by atoms with Crippen LogP contribution in [-0.2, 0) is 32.3 Å². The maximum atomic E-state index is 13.6. The van der Waals surface area contributed by atoms with Gasteiger partial charge in [-0.3, -0.25) is 38.7 Å². The number of hydrogen-bond acceptors (Lipinski definition) is 12. The van der Waals surface area contributed by atoms with Crippen LogP contribution in [0, 0.1) is 0 Å². The third-order valence-electron chi connectivity index (χ3n) is 8.17. The van der Waals surface area contributed by atoms with Crippen molar-refractivity contribution in [1.29, 1.82) is 0 Å². The van der Waals surface area contributed by atoms with Gasteiger partial charge >= 0.3 is 0 Å². The van der Waals surface area contributed by atoms with E-state index in [9.17, 15) is 28.8 Å². The zero-order chi connectivity index (χ0) is 34.5. The molecular formula is C28H38N14O6. The first kappa shape index (κ1) is 33.5. The van der Waals surface area contributed by atoms with Crippen LogP contribution in [0.2, 0.25) is 0 Å². The van der Waals surface area contributed by atoms with Crippen LogP contribution in [0.25, 0.3) is 22.3 Å². The van der Waals surface area contributed by atoms with Crippen LogP contribution >= 0.6 is 0 Å². The van der Waals surface area contributed by atoms with Crippen molar-refractivity contribution in [2.75, 3.05) is 63.8 Å². The molecule has 20 nitrogen and oxygen atoms in total. The summed E-state index contributed by atoms with van der Waals surface area (Å²) in [6, 6.07) is 0. The number of rotatable bonds is 6. The molecule has 0 saturated carbocycles. The molecule has 5 rings (SSSR count). The van der Waals surface area contributed by atoms with Crippen LogP contribution in [0.5, 0.6) is 0 Å². The molecule has 1 aliphatic heterocycles. The number of nitrogens with zero attached hydrogens (tertiary/aromatic N) is 10. The number of H-pyrrole nitrogens is 2. The third-order valence-corrected chi connectivity index (χ3v) is 8.17. The van der Waals surface area contributed by atoms with Gasteiger partial charge in [0.2, 0.25) is 35.5 Å². The molecule has 0 aromatic carbocycles. The van der Waals surface area contributed by atoms with E-state index in [4.69, 9.17) is 11.5 Å². The SMILES string of the molecule is CCC(=O)N1CCN(C(=O)Cn2cnc3c(=O)[nH]c(N)nc32)CCN(C(=O)CC)CCN(C(=O)Cn2cnc3c(=O)[nH]c(N)nc32)CC1. The van der Waals surface area contributed by atoms with E-state index in [1.54, 1.807) is 33.4 Å². The van der Waals surface area contributed by atoms with E-state index < -0.39 is 11.1 Å². The van der Waals surface area contributed by atoms with Gasteiger partial charge < -0.3 is 40.2 Å². The summed E-state index contributed by atoms with van der Waals surface area (Å²) in [5.74, 6) is -1.22. The molecule has 4 aromatic rings. The van der Waals surface area contributed by atoms with Gasteiger partial charge in [0.05, 0.1) is 12.7 Å². The van der Waals surface area contributed by atoms with Crippen LogP contribution in [0.4, 0.5) is 11.9 Å². The second kappa shape index (κ2) is 14.3. The fraction of sp³-hybridized carbons (Fsp3) is 0.500. The molecule has 20 heteroatoms. The molecule has 6 N–H and O–H groups in total. The lowest BCUT2D eigenvalue weighted by Gasteiger charge is -2.34. The van der Waals surface area contributed by atoms with Gasteiger partial charge in [0.25, 0.3) is 11.1 Å². The van der Waals surface area contributed by atoms with Gasteiger partial charge in [-0.25, -0.2) is 9.97 Å². The van der Waals surface area contributed by atoms with E-state index >= 15 is 0 Å². The largest absolute Gasteiger partial charge is 0.369 e. The van der Waals surface area contributed by atoms with E-state index in [1.807, 2.05) is 0 Å². The maximum absolute atomic E-state index is 13.6. The highest BCUT2D eigenvalue weighted by molar-refractivity contribution is 5.81.